The number of aryl methyl sites for hydroxylation is 3. The van der Waals surface area contributed by atoms with Gasteiger partial charge < -0.3 is 14.4 Å². The van der Waals surface area contributed by atoms with Gasteiger partial charge in [-0.2, -0.15) is 4.98 Å². The lowest BCUT2D eigenvalue weighted by molar-refractivity contribution is -0.118. The number of carbonyl (C=O) groups excluding carboxylic acids is 1. The second-order valence-electron chi connectivity index (χ2n) is 8.16. The molecule has 14 heteroatoms. The van der Waals surface area contributed by atoms with Crippen molar-refractivity contribution in [1.29, 1.82) is 0 Å². The summed E-state index contributed by atoms with van der Waals surface area (Å²) in [5.74, 6) is 0.444. The van der Waals surface area contributed by atoms with Gasteiger partial charge in [-0.3, -0.25) is 14.2 Å². The zero-order valence-electron chi connectivity index (χ0n) is 22.9. The molecule has 5 heterocycles. The summed E-state index contributed by atoms with van der Waals surface area (Å²) in [6.45, 7) is 1.34. The molecule has 0 saturated carbocycles. The molecule has 0 bridgehead atoms. The van der Waals surface area contributed by atoms with E-state index in [1.54, 1.807) is 44.4 Å². The van der Waals surface area contributed by atoms with Crippen LogP contribution in [0.3, 0.4) is 0 Å². The van der Waals surface area contributed by atoms with Gasteiger partial charge >= 0.3 is 5.69 Å². The van der Waals surface area contributed by atoms with E-state index in [9.17, 15) is 14.4 Å². The third kappa shape index (κ3) is 4.39. The lowest BCUT2D eigenvalue weighted by Crippen LogP contribution is -2.40. The smallest absolute Gasteiger partial charge is 0.332 e. The Morgan fingerprint density at radius 3 is 2.62 bits per heavy atom. The van der Waals surface area contributed by atoms with Gasteiger partial charge in [0.25, 0.3) is 5.56 Å². The number of aromatic nitrogens is 9. The van der Waals surface area contributed by atoms with Crippen LogP contribution in [0, 0.1) is 13.8 Å². The van der Waals surface area contributed by atoms with Crippen molar-refractivity contribution in [1.82, 2.24) is 43.8 Å². The van der Waals surface area contributed by atoms with E-state index in [2.05, 4.69) is 35.4 Å². The Hall–Kier alpha value is -5.01. The molecular formula is C23H22N10O4. The highest BCUT2D eigenvalue weighted by Gasteiger charge is 2.24. The summed E-state index contributed by atoms with van der Waals surface area (Å²) in [5.41, 5.74) is -1.51. The maximum Gasteiger partial charge on any atom is 0.332 e. The lowest BCUT2D eigenvalue weighted by atomic mass is 10.2. The van der Waals surface area contributed by atoms with Crippen molar-refractivity contribution >= 4 is 22.9 Å². The molecule has 0 aromatic carbocycles. The predicted octanol–water partition coefficient (Wildman–Crippen LogP) is 0.997. The maximum absolute atomic E-state index is 13.5. The van der Waals surface area contributed by atoms with Gasteiger partial charge in [0, 0.05) is 29.0 Å². The average molecular weight is 506 g/mol. The molecule has 5 aromatic heterocycles. The van der Waals surface area contributed by atoms with E-state index in [0.717, 1.165) is 6.33 Å². The number of amides is 1. The average Bonchev–Trinajstić information content (AvgIpc) is 3.52. The van der Waals surface area contributed by atoms with Crippen LogP contribution >= 0.6 is 0 Å². The highest BCUT2D eigenvalue weighted by molar-refractivity contribution is 5.93. The molecule has 0 saturated heterocycles. The van der Waals surface area contributed by atoms with Crippen molar-refractivity contribution in [2.24, 2.45) is 6.98 Å². The van der Waals surface area contributed by atoms with E-state index in [4.69, 9.17) is 8.64 Å². The van der Waals surface area contributed by atoms with Gasteiger partial charge in [0.1, 0.15) is 24.2 Å². The van der Waals surface area contributed by atoms with Crippen LogP contribution in [0.15, 0.2) is 51.0 Å². The van der Waals surface area contributed by atoms with Crippen LogP contribution in [0.4, 0.5) is 5.82 Å². The fourth-order valence-electron chi connectivity index (χ4n) is 3.67. The van der Waals surface area contributed by atoms with Crippen LogP contribution in [0.25, 0.3) is 22.4 Å². The Morgan fingerprint density at radius 2 is 1.92 bits per heavy atom. The summed E-state index contributed by atoms with van der Waals surface area (Å²) in [7, 11) is 0. The van der Waals surface area contributed by atoms with Gasteiger partial charge in [0.2, 0.25) is 11.8 Å². The van der Waals surface area contributed by atoms with Crippen LogP contribution in [0.2, 0.25) is 0 Å². The Balaban J connectivity index is 1.53. The molecule has 0 fully saturated rings. The maximum atomic E-state index is 13.5. The molecule has 1 atom stereocenters. The molecule has 1 N–H and O–H groups in total. The lowest BCUT2D eigenvalue weighted by Gasteiger charge is -2.15. The zero-order valence-corrected chi connectivity index (χ0v) is 19.9. The van der Waals surface area contributed by atoms with Crippen LogP contribution in [-0.4, -0.2) is 49.7 Å². The highest BCUT2D eigenvalue weighted by Crippen LogP contribution is 2.19. The van der Waals surface area contributed by atoms with Crippen molar-refractivity contribution < 1.29 is 13.4 Å². The SMILES string of the molecule is [2H]C([2H])([2H])n1c(=O)n(Cc2nc(C)no2)c(=O)c2c1ncn2C(C)C(=O)Nc1cccc(-c2cnc(C)nc2)n1. The van der Waals surface area contributed by atoms with E-state index in [0.29, 0.717) is 26.2 Å². The van der Waals surface area contributed by atoms with Crippen molar-refractivity contribution in [3.8, 4) is 11.3 Å². The topological polar surface area (TPSA) is 169 Å². The Morgan fingerprint density at radius 1 is 1.14 bits per heavy atom. The number of nitrogens with zero attached hydrogens (tertiary/aromatic N) is 9. The van der Waals surface area contributed by atoms with Crippen molar-refractivity contribution in [3.63, 3.8) is 0 Å². The van der Waals surface area contributed by atoms with Crippen LogP contribution < -0.4 is 16.6 Å². The summed E-state index contributed by atoms with van der Waals surface area (Å²) in [4.78, 5) is 60.6. The second kappa shape index (κ2) is 9.22. The van der Waals surface area contributed by atoms with Gasteiger partial charge in [-0.25, -0.2) is 29.3 Å². The summed E-state index contributed by atoms with van der Waals surface area (Å²) >= 11 is 0. The monoisotopic (exact) mass is 505 g/mol. The summed E-state index contributed by atoms with van der Waals surface area (Å²) < 4.78 is 30.9. The van der Waals surface area contributed by atoms with Crippen molar-refractivity contribution in [3.05, 3.63) is 75.3 Å². The number of rotatable bonds is 6. The Kier molecular flexibility index (Phi) is 5.03. The molecule has 1 unspecified atom stereocenters. The molecule has 0 spiro atoms. The molecular weight excluding hydrogens is 480 g/mol. The summed E-state index contributed by atoms with van der Waals surface area (Å²) in [6.07, 6.45) is 4.36. The fourth-order valence-corrected chi connectivity index (χ4v) is 3.67. The largest absolute Gasteiger partial charge is 0.337 e. The van der Waals surface area contributed by atoms with E-state index >= 15 is 0 Å². The first-order valence-electron chi connectivity index (χ1n) is 12.5. The van der Waals surface area contributed by atoms with E-state index in [1.807, 2.05) is 0 Å². The predicted molar refractivity (Wildman–Crippen MR) is 131 cm³/mol. The van der Waals surface area contributed by atoms with Gasteiger partial charge in [-0.15, -0.1) is 0 Å². The van der Waals surface area contributed by atoms with Crippen LogP contribution in [0.5, 0.6) is 0 Å². The van der Waals surface area contributed by atoms with Crippen molar-refractivity contribution in [2.45, 2.75) is 33.4 Å². The minimum atomic E-state index is -2.98. The normalized spacial score (nSPS) is 13.6. The molecule has 14 nitrogen and oxygen atoms in total. The highest BCUT2D eigenvalue weighted by atomic mass is 16.5. The molecule has 0 radical (unpaired) electrons. The van der Waals surface area contributed by atoms with Gasteiger partial charge in [0.15, 0.2) is 17.0 Å². The van der Waals surface area contributed by atoms with E-state index in [-0.39, 0.29) is 23.0 Å². The minimum absolute atomic E-state index is 0.0741. The van der Waals surface area contributed by atoms with E-state index < -0.39 is 42.4 Å². The summed E-state index contributed by atoms with van der Waals surface area (Å²) in [6, 6.07) is 3.95. The molecule has 1 amide bonds. The molecule has 188 valence electrons. The fraction of sp³-hybridized carbons (Fsp3) is 0.261. The number of nitrogens with one attached hydrogen (secondary N) is 1. The molecule has 5 aromatic rings. The zero-order chi connectivity index (χ0) is 28.8. The number of hydrogen-bond acceptors (Lipinski definition) is 10. The standard InChI is InChI=1S/C23H22N10O4/c1-12(21(34)29-17-7-5-6-16(28-17)15-8-24-13(2)25-9-15)33-11-26-20-19(33)22(35)32(23(36)31(20)4)10-18-27-14(3)30-37-18/h5-9,11-12H,10H2,1-4H3,(H,28,29,34)/i4D3. The summed E-state index contributed by atoms with van der Waals surface area (Å²) in [5, 5.41) is 6.32. The molecule has 0 aliphatic rings. The number of pyridine rings is 1. The van der Waals surface area contributed by atoms with Crippen LogP contribution in [-0.2, 0) is 18.3 Å². The van der Waals surface area contributed by atoms with Gasteiger partial charge in [-0.05, 0) is 32.9 Å². The quantitative estimate of drug-likeness (QED) is 0.351. The number of anilines is 1. The molecule has 5 rings (SSSR count). The first kappa shape index (κ1) is 20.2. The van der Waals surface area contributed by atoms with Gasteiger partial charge in [-0.1, -0.05) is 11.2 Å². The first-order valence-corrected chi connectivity index (χ1v) is 11.0. The third-order valence-corrected chi connectivity index (χ3v) is 5.59. The van der Waals surface area contributed by atoms with Crippen LogP contribution in [0.1, 0.15) is 34.6 Å². The second-order valence-corrected chi connectivity index (χ2v) is 8.16. The van der Waals surface area contributed by atoms with E-state index in [1.165, 1.54) is 11.5 Å². The number of carbonyl (C=O) groups is 1. The third-order valence-electron chi connectivity index (χ3n) is 5.59. The number of fused-ring (bicyclic) bond motifs is 1. The van der Waals surface area contributed by atoms with Gasteiger partial charge in [0.05, 0.1) is 12.0 Å². The Labute approximate surface area is 212 Å². The number of hydrogen-bond donors (Lipinski definition) is 1. The Bertz CT molecular complexity index is 1850. The molecule has 37 heavy (non-hydrogen) atoms. The first-order chi connectivity index (χ1) is 18.9. The minimum Gasteiger partial charge on any atom is -0.337 e. The van der Waals surface area contributed by atoms with Crippen molar-refractivity contribution in [2.75, 3.05) is 5.32 Å². The molecule has 0 aliphatic carbocycles. The molecule has 0 aliphatic heterocycles. The number of imidazole rings is 1.